The number of hydrogen-bond acceptors (Lipinski definition) is 5. The second-order valence-corrected chi connectivity index (χ2v) is 7.63. The standard InChI is InChI=1S/C23H21FN2O4S/c1-3-30-23(29)19-14(2)18(21(28)25-13-15-7-5-4-6-8-15)22(31-19)26-20(27)16-9-11-17(24)12-10-16/h4-12H,3,13H2,1-2H3,(H,25,28)(H,26,27). The van der Waals surface area contributed by atoms with Crippen LogP contribution in [0.4, 0.5) is 9.39 Å². The highest BCUT2D eigenvalue weighted by molar-refractivity contribution is 7.18. The molecule has 8 heteroatoms. The smallest absolute Gasteiger partial charge is 0.348 e. The van der Waals surface area contributed by atoms with Gasteiger partial charge < -0.3 is 15.4 Å². The molecule has 0 fully saturated rings. The van der Waals surface area contributed by atoms with E-state index in [1.807, 2.05) is 30.3 Å². The Bertz CT molecular complexity index is 1090. The lowest BCUT2D eigenvalue weighted by Gasteiger charge is -2.09. The van der Waals surface area contributed by atoms with Crippen LogP contribution in [0.2, 0.25) is 0 Å². The van der Waals surface area contributed by atoms with E-state index in [0.29, 0.717) is 5.56 Å². The summed E-state index contributed by atoms with van der Waals surface area (Å²) in [6.07, 6.45) is 0. The molecule has 1 aromatic heterocycles. The van der Waals surface area contributed by atoms with Crippen molar-refractivity contribution in [2.45, 2.75) is 20.4 Å². The highest BCUT2D eigenvalue weighted by Gasteiger charge is 2.26. The average molecular weight is 440 g/mol. The molecule has 6 nitrogen and oxygen atoms in total. The molecule has 0 aliphatic rings. The summed E-state index contributed by atoms with van der Waals surface area (Å²) < 4.78 is 18.2. The van der Waals surface area contributed by atoms with E-state index < -0.39 is 23.6 Å². The Morgan fingerprint density at radius 1 is 1.00 bits per heavy atom. The minimum absolute atomic E-state index is 0.184. The van der Waals surface area contributed by atoms with Gasteiger partial charge in [-0.1, -0.05) is 30.3 Å². The van der Waals surface area contributed by atoms with Crippen LogP contribution in [0.3, 0.4) is 0 Å². The van der Waals surface area contributed by atoms with Crippen LogP contribution in [0.15, 0.2) is 54.6 Å². The molecule has 2 amide bonds. The van der Waals surface area contributed by atoms with Gasteiger partial charge in [0.25, 0.3) is 11.8 Å². The summed E-state index contributed by atoms with van der Waals surface area (Å²) in [4.78, 5) is 38.1. The van der Waals surface area contributed by atoms with Crippen molar-refractivity contribution in [3.8, 4) is 0 Å². The third-order valence-electron chi connectivity index (χ3n) is 4.46. The molecule has 0 unspecified atom stereocenters. The van der Waals surface area contributed by atoms with E-state index in [2.05, 4.69) is 10.6 Å². The number of thiophene rings is 1. The van der Waals surface area contributed by atoms with E-state index in [9.17, 15) is 18.8 Å². The van der Waals surface area contributed by atoms with Gasteiger partial charge in [-0.25, -0.2) is 9.18 Å². The van der Waals surface area contributed by atoms with Crippen LogP contribution in [-0.2, 0) is 11.3 Å². The fraction of sp³-hybridized carbons (Fsp3) is 0.174. The lowest BCUT2D eigenvalue weighted by Crippen LogP contribution is -2.25. The van der Waals surface area contributed by atoms with Crippen LogP contribution in [0.25, 0.3) is 0 Å². The fourth-order valence-electron chi connectivity index (χ4n) is 2.91. The molecule has 0 aliphatic heterocycles. The third kappa shape index (κ3) is 5.35. The summed E-state index contributed by atoms with van der Waals surface area (Å²) >= 11 is 0.969. The monoisotopic (exact) mass is 440 g/mol. The minimum atomic E-state index is -0.565. The number of rotatable bonds is 7. The zero-order valence-electron chi connectivity index (χ0n) is 17.0. The molecule has 0 spiro atoms. The highest BCUT2D eigenvalue weighted by atomic mass is 32.1. The van der Waals surface area contributed by atoms with Crippen LogP contribution >= 0.6 is 11.3 Å². The molecule has 2 aromatic carbocycles. The molecule has 0 atom stereocenters. The Kier molecular flexibility index (Phi) is 7.15. The first-order valence-corrected chi connectivity index (χ1v) is 10.4. The average Bonchev–Trinajstić information content (AvgIpc) is 3.09. The van der Waals surface area contributed by atoms with Crippen LogP contribution in [0, 0.1) is 12.7 Å². The summed E-state index contributed by atoms with van der Waals surface area (Å²) in [6, 6.07) is 14.4. The number of carbonyl (C=O) groups excluding carboxylic acids is 3. The lowest BCUT2D eigenvalue weighted by atomic mass is 10.1. The van der Waals surface area contributed by atoms with Crippen LogP contribution < -0.4 is 10.6 Å². The second-order valence-electron chi connectivity index (χ2n) is 6.61. The van der Waals surface area contributed by atoms with E-state index in [-0.39, 0.29) is 34.2 Å². The maximum atomic E-state index is 13.2. The van der Waals surface area contributed by atoms with Crippen LogP contribution in [0.5, 0.6) is 0 Å². The van der Waals surface area contributed by atoms with Gasteiger partial charge in [0.15, 0.2) is 0 Å². The predicted molar refractivity (Wildman–Crippen MR) is 117 cm³/mol. The molecule has 3 rings (SSSR count). The normalized spacial score (nSPS) is 10.4. The fourth-order valence-corrected chi connectivity index (χ4v) is 4.00. The number of hydrogen-bond donors (Lipinski definition) is 2. The summed E-state index contributed by atoms with van der Waals surface area (Å²) in [5.74, 6) is -1.98. The zero-order chi connectivity index (χ0) is 22.4. The Morgan fingerprint density at radius 3 is 2.32 bits per heavy atom. The van der Waals surface area contributed by atoms with Gasteiger partial charge in [0.2, 0.25) is 0 Å². The third-order valence-corrected chi connectivity index (χ3v) is 5.65. The number of anilines is 1. The van der Waals surface area contributed by atoms with Crippen LogP contribution in [-0.4, -0.2) is 24.4 Å². The molecule has 160 valence electrons. The van der Waals surface area contributed by atoms with E-state index in [1.165, 1.54) is 24.3 Å². The molecule has 1 heterocycles. The number of carbonyl (C=O) groups is 3. The predicted octanol–water partition coefficient (Wildman–Crippen LogP) is 4.55. The van der Waals surface area contributed by atoms with E-state index in [0.717, 1.165) is 16.9 Å². The topological polar surface area (TPSA) is 84.5 Å². The molecular formula is C23H21FN2O4S. The Balaban J connectivity index is 1.89. The lowest BCUT2D eigenvalue weighted by molar-refractivity contribution is 0.0531. The SMILES string of the molecule is CCOC(=O)c1sc(NC(=O)c2ccc(F)cc2)c(C(=O)NCc2ccccc2)c1C. The first-order chi connectivity index (χ1) is 14.9. The Hall–Kier alpha value is -3.52. The molecule has 0 aliphatic carbocycles. The molecule has 0 saturated heterocycles. The first-order valence-electron chi connectivity index (χ1n) is 9.60. The van der Waals surface area contributed by atoms with E-state index in [1.54, 1.807) is 13.8 Å². The molecule has 0 saturated carbocycles. The largest absolute Gasteiger partial charge is 0.462 e. The van der Waals surface area contributed by atoms with Crippen molar-refractivity contribution in [2.24, 2.45) is 0 Å². The van der Waals surface area contributed by atoms with Gasteiger partial charge in [-0.2, -0.15) is 0 Å². The van der Waals surface area contributed by atoms with E-state index in [4.69, 9.17) is 4.74 Å². The van der Waals surface area contributed by atoms with Crippen molar-refractivity contribution < 1.29 is 23.5 Å². The van der Waals surface area contributed by atoms with Gasteiger partial charge in [0.05, 0.1) is 12.2 Å². The van der Waals surface area contributed by atoms with Crippen molar-refractivity contribution >= 4 is 34.1 Å². The highest BCUT2D eigenvalue weighted by Crippen LogP contribution is 2.34. The van der Waals surface area contributed by atoms with Crippen LogP contribution in [0.1, 0.15) is 48.4 Å². The summed E-state index contributed by atoms with van der Waals surface area (Å²) in [7, 11) is 0. The number of esters is 1. The first kappa shape index (κ1) is 22.2. The van der Waals surface area contributed by atoms with Gasteiger partial charge >= 0.3 is 5.97 Å². The minimum Gasteiger partial charge on any atom is -0.462 e. The van der Waals surface area contributed by atoms with Gasteiger partial charge in [0, 0.05) is 12.1 Å². The van der Waals surface area contributed by atoms with Gasteiger partial charge in [-0.15, -0.1) is 11.3 Å². The Labute approximate surface area is 183 Å². The van der Waals surface area contributed by atoms with Gasteiger partial charge in [0.1, 0.15) is 15.7 Å². The number of ether oxygens (including phenoxy) is 1. The quantitative estimate of drug-likeness (QED) is 0.528. The summed E-state index contributed by atoms with van der Waals surface area (Å²) in [5.41, 5.74) is 1.75. The summed E-state index contributed by atoms with van der Waals surface area (Å²) in [6.45, 7) is 3.79. The Morgan fingerprint density at radius 2 is 1.68 bits per heavy atom. The molecule has 31 heavy (non-hydrogen) atoms. The summed E-state index contributed by atoms with van der Waals surface area (Å²) in [5, 5.41) is 5.71. The van der Waals surface area contributed by atoms with Crippen molar-refractivity contribution in [3.63, 3.8) is 0 Å². The van der Waals surface area contributed by atoms with Gasteiger partial charge in [-0.3, -0.25) is 9.59 Å². The maximum Gasteiger partial charge on any atom is 0.348 e. The maximum absolute atomic E-state index is 13.2. The van der Waals surface area contributed by atoms with Crippen molar-refractivity contribution in [1.29, 1.82) is 0 Å². The molecule has 0 radical (unpaired) electrons. The van der Waals surface area contributed by atoms with E-state index >= 15 is 0 Å². The number of amides is 2. The van der Waals surface area contributed by atoms with Crippen molar-refractivity contribution in [2.75, 3.05) is 11.9 Å². The van der Waals surface area contributed by atoms with Crippen molar-refractivity contribution in [1.82, 2.24) is 5.32 Å². The molecule has 2 N–H and O–H groups in total. The molecular weight excluding hydrogens is 419 g/mol. The second kappa shape index (κ2) is 9.99. The van der Waals surface area contributed by atoms with Gasteiger partial charge in [-0.05, 0) is 49.2 Å². The zero-order valence-corrected chi connectivity index (χ0v) is 17.8. The molecule has 0 bridgehead atoms. The number of nitrogens with one attached hydrogen (secondary N) is 2. The molecule has 3 aromatic rings. The number of benzene rings is 2. The van der Waals surface area contributed by atoms with Crippen molar-refractivity contribution in [3.05, 3.63) is 87.5 Å². The number of halogens is 1.